The van der Waals surface area contributed by atoms with Gasteiger partial charge in [0.05, 0.1) is 22.4 Å². The molecule has 2 heterocycles. The topological polar surface area (TPSA) is 30.7 Å². The summed E-state index contributed by atoms with van der Waals surface area (Å²) in [6, 6.07) is 71.4. The second-order valence-corrected chi connectivity index (χ2v) is 14.1. The van der Waals surface area contributed by atoms with Gasteiger partial charge in [0, 0.05) is 38.7 Å². The van der Waals surface area contributed by atoms with Crippen LogP contribution in [0, 0.1) is 0 Å². The fourth-order valence-electron chi connectivity index (χ4n) is 8.44. The fraction of sp³-hybridized carbons (Fsp3) is 0. The lowest BCUT2D eigenvalue weighted by atomic mass is 9.92. The molecule has 0 bridgehead atoms. The van der Waals surface area contributed by atoms with Gasteiger partial charge in [0.2, 0.25) is 0 Å². The zero-order chi connectivity index (χ0) is 36.3. The van der Waals surface area contributed by atoms with Gasteiger partial charge in [-0.3, -0.25) is 0 Å². The van der Waals surface area contributed by atoms with Crippen molar-refractivity contribution in [3.8, 4) is 50.7 Å². The van der Waals surface area contributed by atoms with E-state index in [1.807, 2.05) is 6.07 Å². The largest absolute Gasteiger partial charge is 0.309 e. The highest BCUT2D eigenvalue weighted by molar-refractivity contribution is 6.19. The number of benzene rings is 9. The Hall–Kier alpha value is -7.36. The molecular formula is C52H33N3. The number of nitrogens with zero attached hydrogens (tertiary/aromatic N) is 3. The molecular weight excluding hydrogens is 667 g/mol. The van der Waals surface area contributed by atoms with Crippen LogP contribution in [0.25, 0.3) is 105 Å². The van der Waals surface area contributed by atoms with Crippen molar-refractivity contribution in [3.63, 3.8) is 0 Å². The number of hydrogen-bond acceptors (Lipinski definition) is 2. The third-order valence-corrected chi connectivity index (χ3v) is 11.0. The van der Waals surface area contributed by atoms with Crippen LogP contribution in [0.15, 0.2) is 200 Å². The molecule has 0 radical (unpaired) electrons. The first-order valence-electron chi connectivity index (χ1n) is 18.7. The van der Waals surface area contributed by atoms with E-state index in [1.54, 1.807) is 0 Å². The predicted molar refractivity (Wildman–Crippen MR) is 231 cm³/mol. The van der Waals surface area contributed by atoms with Crippen molar-refractivity contribution >= 4 is 54.1 Å². The van der Waals surface area contributed by atoms with Crippen LogP contribution >= 0.6 is 0 Å². The standard InChI is InChI=1S/C52H33N3/c1-3-15-36(16-4-1)47-33-48(54-52(53-47)50-41-21-10-8-17-38(41)32-46-40-20-9-7-14-34(40)30-31-44(46)50)37-28-26-35(27-29-37)42-23-13-24-45-43-22-11-12-25-49(43)55(51(42)45)39-18-5-2-6-19-39/h1-33H. The molecule has 55 heavy (non-hydrogen) atoms. The maximum Gasteiger partial charge on any atom is 0.161 e. The first-order chi connectivity index (χ1) is 27.3. The molecule has 0 atom stereocenters. The number of aromatic nitrogens is 3. The van der Waals surface area contributed by atoms with E-state index in [9.17, 15) is 0 Å². The molecule has 0 fully saturated rings. The molecule has 0 aliphatic rings. The normalized spacial score (nSPS) is 11.6. The third kappa shape index (κ3) is 5.13. The third-order valence-electron chi connectivity index (χ3n) is 11.0. The lowest BCUT2D eigenvalue weighted by Crippen LogP contribution is -1.98. The minimum absolute atomic E-state index is 0.717. The summed E-state index contributed by atoms with van der Waals surface area (Å²) in [6.07, 6.45) is 0. The molecule has 2 aromatic heterocycles. The van der Waals surface area contributed by atoms with Gasteiger partial charge in [-0.15, -0.1) is 0 Å². The second-order valence-electron chi connectivity index (χ2n) is 14.1. The van der Waals surface area contributed by atoms with E-state index in [0.29, 0.717) is 0 Å². The lowest BCUT2D eigenvalue weighted by molar-refractivity contribution is 1.18. The van der Waals surface area contributed by atoms with Crippen molar-refractivity contribution in [1.82, 2.24) is 14.5 Å². The van der Waals surface area contributed by atoms with E-state index >= 15 is 0 Å². The Morgan fingerprint density at radius 2 is 0.945 bits per heavy atom. The van der Waals surface area contributed by atoms with Crippen LogP contribution in [0.3, 0.4) is 0 Å². The Bertz CT molecular complexity index is 3230. The molecule has 3 nitrogen and oxygen atoms in total. The van der Waals surface area contributed by atoms with Crippen molar-refractivity contribution in [2.24, 2.45) is 0 Å². The van der Waals surface area contributed by atoms with Crippen LogP contribution in [0.4, 0.5) is 0 Å². The van der Waals surface area contributed by atoms with Crippen molar-refractivity contribution in [2.45, 2.75) is 0 Å². The summed E-state index contributed by atoms with van der Waals surface area (Å²) in [5, 5.41) is 9.58. The van der Waals surface area contributed by atoms with Crippen LogP contribution in [-0.2, 0) is 0 Å². The summed E-state index contributed by atoms with van der Waals surface area (Å²) < 4.78 is 2.40. The molecule has 0 aliphatic carbocycles. The van der Waals surface area contributed by atoms with Gasteiger partial charge in [-0.05, 0) is 68.2 Å². The molecule has 0 amide bonds. The van der Waals surface area contributed by atoms with E-state index in [0.717, 1.165) is 55.9 Å². The van der Waals surface area contributed by atoms with E-state index in [1.165, 1.54) is 48.9 Å². The van der Waals surface area contributed by atoms with Crippen LogP contribution in [0.5, 0.6) is 0 Å². The minimum Gasteiger partial charge on any atom is -0.309 e. The predicted octanol–water partition coefficient (Wildman–Crippen LogP) is 13.7. The van der Waals surface area contributed by atoms with Crippen LogP contribution in [-0.4, -0.2) is 14.5 Å². The summed E-state index contributed by atoms with van der Waals surface area (Å²) in [7, 11) is 0. The first-order valence-corrected chi connectivity index (χ1v) is 18.7. The molecule has 0 saturated heterocycles. The van der Waals surface area contributed by atoms with Crippen molar-refractivity contribution in [1.29, 1.82) is 0 Å². The number of para-hydroxylation sites is 3. The Morgan fingerprint density at radius 3 is 1.73 bits per heavy atom. The van der Waals surface area contributed by atoms with Crippen molar-refractivity contribution in [3.05, 3.63) is 200 Å². The molecule has 3 heteroatoms. The van der Waals surface area contributed by atoms with Gasteiger partial charge in [0.15, 0.2) is 5.82 Å². The quantitative estimate of drug-likeness (QED) is 0.132. The minimum atomic E-state index is 0.717. The van der Waals surface area contributed by atoms with Crippen LogP contribution in [0.2, 0.25) is 0 Å². The molecule has 256 valence electrons. The van der Waals surface area contributed by atoms with E-state index in [-0.39, 0.29) is 0 Å². The maximum absolute atomic E-state index is 5.40. The van der Waals surface area contributed by atoms with Gasteiger partial charge in [0.25, 0.3) is 0 Å². The van der Waals surface area contributed by atoms with Crippen molar-refractivity contribution in [2.75, 3.05) is 0 Å². The molecule has 0 spiro atoms. The fourth-order valence-corrected chi connectivity index (χ4v) is 8.44. The Kier molecular flexibility index (Phi) is 7.17. The van der Waals surface area contributed by atoms with Crippen LogP contribution in [0.1, 0.15) is 0 Å². The summed E-state index contributed by atoms with van der Waals surface area (Å²) in [5.41, 5.74) is 10.8. The van der Waals surface area contributed by atoms with Gasteiger partial charge in [-0.1, -0.05) is 170 Å². The molecule has 9 aromatic carbocycles. The maximum atomic E-state index is 5.40. The summed E-state index contributed by atoms with van der Waals surface area (Å²) in [5.74, 6) is 0.717. The SMILES string of the molecule is c1ccc(-c2cc(-c3ccc(-c4cccc5c6ccccc6n(-c6ccccc6)c45)cc3)nc(-c3c4ccccc4cc4c3ccc3ccccc34)n2)cc1. The Labute approximate surface area is 318 Å². The summed E-state index contributed by atoms with van der Waals surface area (Å²) in [6.45, 7) is 0. The first kappa shape index (κ1) is 31.2. The molecule has 0 aliphatic heterocycles. The molecule has 11 aromatic rings. The number of hydrogen-bond donors (Lipinski definition) is 0. The lowest BCUT2D eigenvalue weighted by Gasteiger charge is -2.15. The highest BCUT2D eigenvalue weighted by atomic mass is 15.0. The van der Waals surface area contributed by atoms with Gasteiger partial charge in [-0.25, -0.2) is 9.97 Å². The number of rotatable bonds is 5. The highest BCUT2D eigenvalue weighted by Crippen LogP contribution is 2.41. The average Bonchev–Trinajstić information content (AvgIpc) is 3.61. The van der Waals surface area contributed by atoms with Gasteiger partial charge in [0.1, 0.15) is 0 Å². The van der Waals surface area contributed by atoms with Gasteiger partial charge < -0.3 is 4.57 Å². The van der Waals surface area contributed by atoms with Crippen LogP contribution < -0.4 is 0 Å². The number of fused-ring (bicyclic) bond motifs is 7. The Morgan fingerprint density at radius 1 is 0.345 bits per heavy atom. The van der Waals surface area contributed by atoms with Gasteiger partial charge >= 0.3 is 0 Å². The van der Waals surface area contributed by atoms with Crippen molar-refractivity contribution < 1.29 is 0 Å². The molecule has 0 saturated carbocycles. The average molecular weight is 700 g/mol. The highest BCUT2D eigenvalue weighted by Gasteiger charge is 2.19. The monoisotopic (exact) mass is 699 g/mol. The second kappa shape index (κ2) is 12.6. The van der Waals surface area contributed by atoms with Gasteiger partial charge in [-0.2, -0.15) is 0 Å². The zero-order valence-corrected chi connectivity index (χ0v) is 29.9. The zero-order valence-electron chi connectivity index (χ0n) is 29.9. The molecule has 0 unspecified atom stereocenters. The van der Waals surface area contributed by atoms with E-state index in [4.69, 9.17) is 9.97 Å². The smallest absolute Gasteiger partial charge is 0.161 e. The van der Waals surface area contributed by atoms with E-state index < -0.39 is 0 Å². The molecule has 11 rings (SSSR count). The summed E-state index contributed by atoms with van der Waals surface area (Å²) in [4.78, 5) is 10.7. The Balaban J connectivity index is 1.11. The summed E-state index contributed by atoms with van der Waals surface area (Å²) >= 11 is 0. The van der Waals surface area contributed by atoms with E-state index in [2.05, 4.69) is 199 Å². The molecule has 0 N–H and O–H groups in total.